The van der Waals surface area contributed by atoms with Gasteiger partial charge in [0.25, 0.3) is 5.69 Å². The second kappa shape index (κ2) is 9.17. The predicted octanol–water partition coefficient (Wildman–Crippen LogP) is 4.17. The third-order valence-corrected chi connectivity index (χ3v) is 4.82. The number of hydrogen-bond acceptors (Lipinski definition) is 6. The minimum atomic E-state index is -0.566. The normalized spacial score (nSPS) is 10.7. The lowest BCUT2D eigenvalue weighted by Gasteiger charge is -2.11. The van der Waals surface area contributed by atoms with Crippen LogP contribution in [-0.4, -0.2) is 27.5 Å². The number of nitro groups is 1. The van der Waals surface area contributed by atoms with Gasteiger partial charge in [-0.1, -0.05) is 30.3 Å². The van der Waals surface area contributed by atoms with E-state index in [4.69, 9.17) is 9.47 Å². The molecule has 1 aromatic heterocycles. The molecule has 0 aliphatic rings. The van der Waals surface area contributed by atoms with Crippen LogP contribution < -0.4 is 14.8 Å². The molecule has 0 saturated carbocycles. The van der Waals surface area contributed by atoms with Crippen LogP contribution in [-0.2, 0) is 17.9 Å². The van der Waals surface area contributed by atoms with Gasteiger partial charge in [-0.2, -0.15) is 0 Å². The van der Waals surface area contributed by atoms with E-state index < -0.39 is 10.8 Å². The number of hydrogen-bond donors (Lipinski definition) is 1. The molecule has 162 valence electrons. The number of amides is 1. The van der Waals surface area contributed by atoms with Crippen molar-refractivity contribution in [1.82, 2.24) is 9.55 Å². The van der Waals surface area contributed by atoms with Gasteiger partial charge in [0.15, 0.2) is 0 Å². The summed E-state index contributed by atoms with van der Waals surface area (Å²) in [5.74, 6) is 1.15. The maximum Gasteiger partial charge on any atom is 0.296 e. The van der Waals surface area contributed by atoms with Crippen molar-refractivity contribution in [3.05, 3.63) is 88.7 Å². The highest BCUT2D eigenvalue weighted by Gasteiger charge is 2.19. The third-order valence-electron chi connectivity index (χ3n) is 4.82. The highest BCUT2D eigenvalue weighted by atomic mass is 16.6. The Morgan fingerprint density at radius 3 is 2.56 bits per heavy atom. The van der Waals surface area contributed by atoms with Gasteiger partial charge in [-0.15, -0.1) is 0 Å². The minimum Gasteiger partial charge on any atom is -0.496 e. The van der Waals surface area contributed by atoms with Gasteiger partial charge in [0, 0.05) is 0 Å². The van der Waals surface area contributed by atoms with Crippen molar-refractivity contribution >= 4 is 28.3 Å². The molecular weight excluding hydrogens is 412 g/mol. The van der Waals surface area contributed by atoms with E-state index in [-0.39, 0.29) is 24.5 Å². The van der Waals surface area contributed by atoms with Crippen LogP contribution in [0, 0.1) is 10.1 Å². The molecule has 3 aromatic carbocycles. The molecular formula is C23H20N4O5. The van der Waals surface area contributed by atoms with E-state index in [1.807, 2.05) is 54.6 Å². The molecule has 0 aliphatic heterocycles. The van der Waals surface area contributed by atoms with Crippen LogP contribution in [0.4, 0.5) is 11.4 Å². The predicted molar refractivity (Wildman–Crippen MR) is 119 cm³/mol. The highest BCUT2D eigenvalue weighted by Crippen LogP contribution is 2.29. The standard InChI is InChI=1S/C23H20N4O5/c1-31-17-11-12-19(21(13-17)27(29)30)25-23(28)14-26-20-10-6-5-9-18(20)24-22(26)15-32-16-7-3-2-4-8-16/h2-13H,14-15H2,1H3,(H,25,28). The fourth-order valence-corrected chi connectivity index (χ4v) is 3.31. The summed E-state index contributed by atoms with van der Waals surface area (Å²) < 4.78 is 12.6. The number of fused-ring (bicyclic) bond motifs is 1. The number of carbonyl (C=O) groups excluding carboxylic acids is 1. The summed E-state index contributed by atoms with van der Waals surface area (Å²) >= 11 is 0. The number of rotatable bonds is 8. The Hall–Kier alpha value is -4.40. The summed E-state index contributed by atoms with van der Waals surface area (Å²) in [5, 5.41) is 14.0. The first-order valence-electron chi connectivity index (χ1n) is 9.79. The summed E-state index contributed by atoms with van der Waals surface area (Å²) in [4.78, 5) is 28.3. The Labute approximate surface area is 183 Å². The number of nitrogens with zero attached hydrogens (tertiary/aromatic N) is 3. The zero-order valence-electron chi connectivity index (χ0n) is 17.2. The number of anilines is 1. The molecule has 1 heterocycles. The first-order valence-corrected chi connectivity index (χ1v) is 9.79. The van der Waals surface area contributed by atoms with E-state index in [1.165, 1.54) is 19.2 Å². The number of aromatic nitrogens is 2. The average molecular weight is 432 g/mol. The second-order valence-corrected chi connectivity index (χ2v) is 6.89. The zero-order chi connectivity index (χ0) is 22.5. The fourth-order valence-electron chi connectivity index (χ4n) is 3.31. The zero-order valence-corrected chi connectivity index (χ0v) is 17.2. The van der Waals surface area contributed by atoms with Crippen molar-refractivity contribution in [3.63, 3.8) is 0 Å². The van der Waals surface area contributed by atoms with Gasteiger partial charge >= 0.3 is 0 Å². The molecule has 32 heavy (non-hydrogen) atoms. The molecule has 1 amide bonds. The molecule has 1 N–H and O–H groups in total. The van der Waals surface area contributed by atoms with Crippen LogP contribution >= 0.6 is 0 Å². The Bertz CT molecular complexity index is 1270. The van der Waals surface area contributed by atoms with E-state index in [2.05, 4.69) is 10.3 Å². The minimum absolute atomic E-state index is 0.0861. The number of ether oxygens (including phenoxy) is 2. The van der Waals surface area contributed by atoms with Crippen LogP contribution in [0.2, 0.25) is 0 Å². The maximum absolute atomic E-state index is 12.8. The molecule has 0 unspecified atom stereocenters. The summed E-state index contributed by atoms with van der Waals surface area (Å²) in [6, 6.07) is 21.0. The monoisotopic (exact) mass is 432 g/mol. The number of nitro benzene ring substituents is 1. The Kier molecular flexibility index (Phi) is 5.98. The van der Waals surface area contributed by atoms with Crippen LogP contribution in [0.3, 0.4) is 0 Å². The molecule has 0 radical (unpaired) electrons. The molecule has 0 atom stereocenters. The molecule has 4 rings (SSSR count). The lowest BCUT2D eigenvalue weighted by molar-refractivity contribution is -0.384. The molecule has 0 fully saturated rings. The summed E-state index contributed by atoms with van der Waals surface area (Å²) in [7, 11) is 1.42. The van der Waals surface area contributed by atoms with Gasteiger partial charge in [-0.05, 0) is 36.4 Å². The quantitative estimate of drug-likeness (QED) is 0.331. The number of nitrogens with one attached hydrogen (secondary N) is 1. The van der Waals surface area contributed by atoms with Crippen molar-refractivity contribution in [1.29, 1.82) is 0 Å². The smallest absolute Gasteiger partial charge is 0.296 e. The summed E-state index contributed by atoms with van der Waals surface area (Å²) in [6.45, 7) is 0.0752. The van der Waals surface area contributed by atoms with Gasteiger partial charge in [0.05, 0.1) is 29.1 Å². The number of para-hydroxylation sites is 3. The molecule has 0 aliphatic carbocycles. The number of benzene rings is 3. The van der Waals surface area contributed by atoms with E-state index in [9.17, 15) is 14.9 Å². The average Bonchev–Trinajstić information content (AvgIpc) is 3.15. The third kappa shape index (κ3) is 4.51. The number of methoxy groups -OCH3 is 1. The Morgan fingerprint density at radius 2 is 1.81 bits per heavy atom. The molecule has 4 aromatic rings. The summed E-state index contributed by atoms with van der Waals surface area (Å²) in [6.07, 6.45) is 0. The van der Waals surface area contributed by atoms with Crippen molar-refractivity contribution in [3.8, 4) is 11.5 Å². The topological polar surface area (TPSA) is 109 Å². The molecule has 9 nitrogen and oxygen atoms in total. The van der Waals surface area contributed by atoms with E-state index in [0.29, 0.717) is 17.3 Å². The SMILES string of the molecule is COc1ccc(NC(=O)Cn2c(COc3ccccc3)nc3ccccc32)c([N+](=O)[O-])c1. The van der Waals surface area contributed by atoms with Crippen molar-refractivity contribution in [2.75, 3.05) is 12.4 Å². The van der Waals surface area contributed by atoms with Crippen molar-refractivity contribution in [2.45, 2.75) is 13.2 Å². The Morgan fingerprint density at radius 1 is 1.06 bits per heavy atom. The number of imidazole rings is 1. The molecule has 9 heteroatoms. The van der Waals surface area contributed by atoms with Crippen molar-refractivity contribution in [2.24, 2.45) is 0 Å². The lowest BCUT2D eigenvalue weighted by atomic mass is 10.2. The second-order valence-electron chi connectivity index (χ2n) is 6.89. The maximum atomic E-state index is 12.8. The van der Waals surface area contributed by atoms with Gasteiger partial charge in [0.2, 0.25) is 5.91 Å². The molecule has 0 spiro atoms. The first kappa shape index (κ1) is 20.9. The number of carbonyl (C=O) groups is 1. The van der Waals surface area contributed by atoms with Crippen LogP contribution in [0.25, 0.3) is 11.0 Å². The van der Waals surface area contributed by atoms with Crippen LogP contribution in [0.5, 0.6) is 11.5 Å². The van der Waals surface area contributed by atoms with Crippen molar-refractivity contribution < 1.29 is 19.2 Å². The highest BCUT2D eigenvalue weighted by molar-refractivity contribution is 5.94. The molecule has 0 saturated heterocycles. The Balaban J connectivity index is 1.58. The van der Waals surface area contributed by atoms with E-state index in [0.717, 1.165) is 11.0 Å². The van der Waals surface area contributed by atoms with Gasteiger partial charge in [-0.3, -0.25) is 14.9 Å². The van der Waals surface area contributed by atoms with Crippen LogP contribution in [0.15, 0.2) is 72.8 Å². The van der Waals surface area contributed by atoms with E-state index >= 15 is 0 Å². The van der Waals surface area contributed by atoms with Gasteiger partial charge in [-0.25, -0.2) is 4.98 Å². The largest absolute Gasteiger partial charge is 0.496 e. The summed E-state index contributed by atoms with van der Waals surface area (Å²) in [5.41, 5.74) is 1.33. The van der Waals surface area contributed by atoms with E-state index in [1.54, 1.807) is 10.6 Å². The fraction of sp³-hybridized carbons (Fsp3) is 0.130. The van der Waals surface area contributed by atoms with Gasteiger partial charge in [0.1, 0.15) is 36.2 Å². The first-order chi connectivity index (χ1) is 15.5. The van der Waals surface area contributed by atoms with Crippen LogP contribution in [0.1, 0.15) is 5.82 Å². The van der Waals surface area contributed by atoms with Gasteiger partial charge < -0.3 is 19.4 Å². The lowest BCUT2D eigenvalue weighted by Crippen LogP contribution is -2.21. The molecule has 0 bridgehead atoms.